The number of nitrogens with zero attached hydrogens (tertiary/aromatic N) is 1. The van der Waals surface area contributed by atoms with E-state index in [2.05, 4.69) is 19.2 Å². The van der Waals surface area contributed by atoms with Crippen molar-refractivity contribution < 1.29 is 22.7 Å². The third-order valence-electron chi connectivity index (χ3n) is 6.06. The highest BCUT2D eigenvalue weighted by molar-refractivity contribution is 7.92. The molecule has 1 unspecified atom stereocenters. The van der Waals surface area contributed by atoms with Gasteiger partial charge in [0.2, 0.25) is 5.91 Å². The number of sulfonamides is 1. The molecule has 0 aliphatic rings. The van der Waals surface area contributed by atoms with E-state index < -0.39 is 15.9 Å². The van der Waals surface area contributed by atoms with Crippen LogP contribution in [-0.2, 0) is 14.8 Å². The Labute approximate surface area is 214 Å². The molecule has 1 N–H and O–H groups in total. The number of para-hydroxylation sites is 1. The van der Waals surface area contributed by atoms with Gasteiger partial charge in [0.25, 0.3) is 10.0 Å². The number of methoxy groups -OCH3 is 2. The molecule has 0 bridgehead atoms. The molecule has 0 aromatic heterocycles. The average molecular weight is 511 g/mol. The van der Waals surface area contributed by atoms with Crippen molar-refractivity contribution in [3.05, 3.63) is 83.4 Å². The molecule has 3 aromatic carbocycles. The van der Waals surface area contributed by atoms with Crippen LogP contribution in [0.4, 0.5) is 5.69 Å². The number of hydrogen-bond donors (Lipinski definition) is 1. The first-order chi connectivity index (χ1) is 17.1. The first-order valence-electron chi connectivity index (χ1n) is 11.8. The van der Waals surface area contributed by atoms with Gasteiger partial charge in [-0.15, -0.1) is 0 Å². The van der Waals surface area contributed by atoms with E-state index in [9.17, 15) is 13.2 Å². The van der Waals surface area contributed by atoms with Crippen LogP contribution in [0.2, 0.25) is 0 Å². The third kappa shape index (κ3) is 5.99. The van der Waals surface area contributed by atoms with Crippen molar-refractivity contribution in [1.29, 1.82) is 0 Å². The quantitative estimate of drug-likeness (QED) is 0.405. The number of anilines is 1. The number of carbonyl (C=O) groups excluding carboxylic acids is 1. The number of ether oxygens (including phenoxy) is 2. The minimum atomic E-state index is -4.01. The number of rotatable bonds is 10. The fourth-order valence-electron chi connectivity index (χ4n) is 4.09. The second kappa shape index (κ2) is 11.5. The van der Waals surface area contributed by atoms with Gasteiger partial charge >= 0.3 is 0 Å². The molecular weight excluding hydrogens is 476 g/mol. The number of nitrogens with one attached hydrogen (secondary N) is 1. The van der Waals surface area contributed by atoms with E-state index in [1.807, 2.05) is 26.0 Å². The second-order valence-corrected chi connectivity index (χ2v) is 10.8. The zero-order valence-corrected chi connectivity index (χ0v) is 22.4. The molecule has 0 aliphatic heterocycles. The van der Waals surface area contributed by atoms with Gasteiger partial charge in [0, 0.05) is 0 Å². The topological polar surface area (TPSA) is 84.9 Å². The minimum absolute atomic E-state index is 0.0700. The summed E-state index contributed by atoms with van der Waals surface area (Å²) in [4.78, 5) is 13.3. The van der Waals surface area contributed by atoms with Gasteiger partial charge < -0.3 is 14.8 Å². The van der Waals surface area contributed by atoms with Crippen molar-refractivity contribution in [2.45, 2.75) is 44.6 Å². The molecule has 0 radical (unpaired) electrons. The summed E-state index contributed by atoms with van der Waals surface area (Å²) in [5.74, 6) is 1.18. The van der Waals surface area contributed by atoms with Crippen molar-refractivity contribution in [1.82, 2.24) is 5.32 Å². The molecule has 7 nitrogen and oxygen atoms in total. The summed E-state index contributed by atoms with van der Waals surface area (Å²) >= 11 is 0. The highest BCUT2D eigenvalue weighted by atomic mass is 32.2. The lowest BCUT2D eigenvalue weighted by atomic mass is 9.93. The molecule has 0 spiro atoms. The summed E-state index contributed by atoms with van der Waals surface area (Å²) < 4.78 is 38.9. The van der Waals surface area contributed by atoms with Gasteiger partial charge in [-0.05, 0) is 85.0 Å². The van der Waals surface area contributed by atoms with E-state index in [0.717, 1.165) is 26.7 Å². The molecular formula is C28H34N2O5S. The minimum Gasteiger partial charge on any atom is -0.497 e. The number of amides is 1. The third-order valence-corrected chi connectivity index (χ3v) is 7.85. The zero-order chi connectivity index (χ0) is 26.5. The summed E-state index contributed by atoms with van der Waals surface area (Å²) in [6.45, 7) is 7.66. The van der Waals surface area contributed by atoms with E-state index in [-0.39, 0.29) is 23.4 Å². The molecule has 0 saturated carbocycles. The fraction of sp³-hybridized carbons (Fsp3) is 0.321. The lowest BCUT2D eigenvalue weighted by Crippen LogP contribution is -2.41. The Kier molecular flexibility index (Phi) is 8.63. The van der Waals surface area contributed by atoms with E-state index in [1.165, 1.54) is 19.2 Å². The molecule has 0 aliphatic carbocycles. The summed E-state index contributed by atoms with van der Waals surface area (Å²) in [6, 6.07) is 18.4. The van der Waals surface area contributed by atoms with Crippen molar-refractivity contribution in [3.8, 4) is 11.5 Å². The van der Waals surface area contributed by atoms with Gasteiger partial charge in [0.05, 0.1) is 30.8 Å². The average Bonchev–Trinajstić information content (AvgIpc) is 2.87. The first-order valence-corrected chi connectivity index (χ1v) is 13.2. The number of aryl methyl sites for hydroxylation is 1. The van der Waals surface area contributed by atoms with E-state index >= 15 is 0 Å². The molecule has 1 amide bonds. The Hall–Kier alpha value is -3.52. The van der Waals surface area contributed by atoms with Crippen molar-refractivity contribution >= 4 is 21.6 Å². The Morgan fingerprint density at radius 3 is 2.11 bits per heavy atom. The van der Waals surface area contributed by atoms with Crippen LogP contribution in [-0.4, -0.2) is 35.1 Å². The monoisotopic (exact) mass is 510 g/mol. The van der Waals surface area contributed by atoms with Crippen molar-refractivity contribution in [2.75, 3.05) is 25.1 Å². The predicted molar refractivity (Wildman–Crippen MR) is 142 cm³/mol. The number of hydrogen-bond acceptors (Lipinski definition) is 5. The Balaban J connectivity index is 1.89. The largest absolute Gasteiger partial charge is 0.497 e. The van der Waals surface area contributed by atoms with E-state index in [0.29, 0.717) is 11.4 Å². The molecule has 36 heavy (non-hydrogen) atoms. The molecule has 192 valence electrons. The summed E-state index contributed by atoms with van der Waals surface area (Å²) in [5.41, 5.74) is 3.39. The molecule has 0 saturated heterocycles. The molecule has 8 heteroatoms. The van der Waals surface area contributed by atoms with Gasteiger partial charge in [-0.1, -0.05) is 32.0 Å². The smallest absolute Gasteiger partial charge is 0.264 e. The Bertz CT molecular complexity index is 1290. The number of carbonyl (C=O) groups is 1. The summed E-state index contributed by atoms with van der Waals surface area (Å²) in [6.07, 6.45) is 0. The van der Waals surface area contributed by atoms with Crippen LogP contribution in [0.3, 0.4) is 0 Å². The molecule has 3 rings (SSSR count). The maximum Gasteiger partial charge on any atom is 0.264 e. The Morgan fingerprint density at radius 1 is 0.917 bits per heavy atom. The van der Waals surface area contributed by atoms with Gasteiger partial charge in [-0.25, -0.2) is 8.42 Å². The van der Waals surface area contributed by atoms with Gasteiger partial charge in [0.1, 0.15) is 18.0 Å². The lowest BCUT2D eigenvalue weighted by Gasteiger charge is -2.26. The highest BCUT2D eigenvalue weighted by Crippen LogP contribution is 2.32. The summed E-state index contributed by atoms with van der Waals surface area (Å²) in [7, 11) is -0.850. The first kappa shape index (κ1) is 27.1. The molecule has 1 atom stereocenters. The van der Waals surface area contributed by atoms with E-state index in [1.54, 1.807) is 49.6 Å². The van der Waals surface area contributed by atoms with Crippen LogP contribution in [0.5, 0.6) is 11.5 Å². The molecule has 3 aromatic rings. The van der Waals surface area contributed by atoms with E-state index in [4.69, 9.17) is 9.47 Å². The van der Waals surface area contributed by atoms with Crippen LogP contribution in [0, 0.1) is 6.92 Å². The predicted octanol–water partition coefficient (Wildman–Crippen LogP) is 5.21. The summed E-state index contributed by atoms with van der Waals surface area (Å²) in [5, 5.41) is 2.98. The molecule has 0 heterocycles. The highest BCUT2D eigenvalue weighted by Gasteiger charge is 2.28. The second-order valence-electron chi connectivity index (χ2n) is 8.92. The normalized spacial score (nSPS) is 12.2. The lowest BCUT2D eigenvalue weighted by molar-refractivity contribution is -0.120. The van der Waals surface area contributed by atoms with Gasteiger partial charge in [0.15, 0.2) is 0 Å². The molecule has 0 fully saturated rings. The van der Waals surface area contributed by atoms with Crippen LogP contribution in [0.15, 0.2) is 71.6 Å². The van der Waals surface area contributed by atoms with Crippen molar-refractivity contribution in [3.63, 3.8) is 0 Å². The van der Waals surface area contributed by atoms with Gasteiger partial charge in [-0.3, -0.25) is 9.10 Å². The van der Waals surface area contributed by atoms with Crippen LogP contribution in [0.25, 0.3) is 0 Å². The fourth-order valence-corrected chi connectivity index (χ4v) is 5.51. The standard InChI is InChI=1S/C28H34N2O5S/c1-19(2)25-17-26(20(3)16-27(25)35-6)21(4)29-28(31)18-30(22-10-8-7-9-11-22)36(32,33)24-14-12-23(34-5)13-15-24/h7-17,19,21H,18H2,1-6H3,(H,29,31). The van der Waals surface area contributed by atoms with Crippen molar-refractivity contribution in [2.24, 2.45) is 0 Å². The number of benzene rings is 3. The van der Waals surface area contributed by atoms with Crippen LogP contribution in [0.1, 0.15) is 49.4 Å². The van der Waals surface area contributed by atoms with Crippen LogP contribution >= 0.6 is 0 Å². The van der Waals surface area contributed by atoms with Gasteiger partial charge in [-0.2, -0.15) is 0 Å². The maximum absolute atomic E-state index is 13.6. The maximum atomic E-state index is 13.6. The zero-order valence-electron chi connectivity index (χ0n) is 21.6. The van der Waals surface area contributed by atoms with Crippen LogP contribution < -0.4 is 19.1 Å². The Morgan fingerprint density at radius 2 is 1.56 bits per heavy atom. The SMILES string of the molecule is COc1ccc(S(=O)(=O)N(CC(=O)NC(C)c2cc(C(C)C)c(OC)cc2C)c2ccccc2)cc1.